The highest BCUT2D eigenvalue weighted by molar-refractivity contribution is 8.00. The number of ether oxygens (including phenoxy) is 3. The highest BCUT2D eigenvalue weighted by Gasteiger charge is 2.46. The van der Waals surface area contributed by atoms with Crippen molar-refractivity contribution in [3.8, 4) is 0 Å². The second kappa shape index (κ2) is 7.18. The van der Waals surface area contributed by atoms with Crippen LogP contribution >= 0.6 is 11.8 Å². The summed E-state index contributed by atoms with van der Waals surface area (Å²) in [6, 6.07) is 0.584. The summed E-state index contributed by atoms with van der Waals surface area (Å²) < 4.78 is 17.7. The van der Waals surface area contributed by atoms with Crippen LogP contribution in [0.25, 0.3) is 0 Å². The first kappa shape index (κ1) is 16.1. The van der Waals surface area contributed by atoms with Crippen molar-refractivity contribution >= 4 is 11.8 Å². The fourth-order valence-corrected chi connectivity index (χ4v) is 5.45. The Balaban J connectivity index is 1.63. The summed E-state index contributed by atoms with van der Waals surface area (Å²) in [6.45, 7) is 7.97. The van der Waals surface area contributed by atoms with Crippen LogP contribution in [0.3, 0.4) is 0 Å². The van der Waals surface area contributed by atoms with Gasteiger partial charge in [0.1, 0.15) is 0 Å². The molecule has 21 heavy (non-hydrogen) atoms. The van der Waals surface area contributed by atoms with Crippen LogP contribution in [-0.4, -0.2) is 54.8 Å². The average molecular weight is 315 g/mol. The summed E-state index contributed by atoms with van der Waals surface area (Å²) in [5, 5.41) is 4.93. The molecule has 5 heteroatoms. The van der Waals surface area contributed by atoms with Gasteiger partial charge in [-0.25, -0.2) is 0 Å². The molecule has 2 aliphatic heterocycles. The first-order valence-electron chi connectivity index (χ1n) is 8.51. The van der Waals surface area contributed by atoms with E-state index in [-0.39, 0.29) is 5.79 Å². The summed E-state index contributed by atoms with van der Waals surface area (Å²) in [5.41, 5.74) is 0. The third-order valence-electron chi connectivity index (χ3n) is 4.92. The van der Waals surface area contributed by atoms with Crippen molar-refractivity contribution in [2.24, 2.45) is 0 Å². The quantitative estimate of drug-likeness (QED) is 0.844. The number of rotatable bonds is 5. The summed E-state index contributed by atoms with van der Waals surface area (Å²) in [6.07, 6.45) is 5.95. The molecular weight excluding hydrogens is 286 g/mol. The fraction of sp³-hybridized carbons (Fsp3) is 1.00. The molecule has 4 nitrogen and oxygen atoms in total. The molecule has 4 unspecified atom stereocenters. The van der Waals surface area contributed by atoms with Gasteiger partial charge in [0.2, 0.25) is 0 Å². The molecule has 0 aromatic carbocycles. The van der Waals surface area contributed by atoms with E-state index in [4.69, 9.17) is 14.2 Å². The molecule has 4 atom stereocenters. The Kier molecular flexibility index (Phi) is 5.49. The first-order valence-corrected chi connectivity index (χ1v) is 9.45. The molecule has 0 amide bonds. The third-order valence-corrected chi connectivity index (χ3v) is 6.74. The molecule has 1 saturated carbocycles. The topological polar surface area (TPSA) is 39.7 Å². The molecule has 1 aliphatic carbocycles. The molecule has 3 rings (SSSR count). The lowest BCUT2D eigenvalue weighted by Crippen LogP contribution is -2.50. The average Bonchev–Trinajstić information content (AvgIpc) is 3.09. The molecule has 0 aromatic heterocycles. The number of thioether (sulfide) groups is 1. The van der Waals surface area contributed by atoms with E-state index in [9.17, 15) is 0 Å². The minimum absolute atomic E-state index is 0.287. The summed E-state index contributed by atoms with van der Waals surface area (Å²) in [7, 11) is 0. The van der Waals surface area contributed by atoms with Gasteiger partial charge in [-0.2, -0.15) is 11.8 Å². The van der Waals surface area contributed by atoms with Crippen molar-refractivity contribution < 1.29 is 14.2 Å². The first-order chi connectivity index (χ1) is 10.2. The van der Waals surface area contributed by atoms with Crippen LogP contribution in [0.2, 0.25) is 0 Å². The van der Waals surface area contributed by atoms with Crippen molar-refractivity contribution in [1.82, 2.24) is 5.32 Å². The summed E-state index contributed by atoms with van der Waals surface area (Å²) in [4.78, 5) is 0. The summed E-state index contributed by atoms with van der Waals surface area (Å²) >= 11 is 2.11. The third kappa shape index (κ3) is 3.75. The second-order valence-corrected chi connectivity index (χ2v) is 7.97. The molecule has 0 radical (unpaired) electrons. The highest BCUT2D eigenvalue weighted by Crippen LogP contribution is 2.43. The molecule has 2 saturated heterocycles. The predicted molar refractivity (Wildman–Crippen MR) is 85.8 cm³/mol. The Labute approximate surface area is 132 Å². The van der Waals surface area contributed by atoms with E-state index in [0.29, 0.717) is 22.6 Å². The van der Waals surface area contributed by atoms with Crippen LogP contribution < -0.4 is 5.32 Å². The van der Waals surface area contributed by atoms with E-state index in [0.717, 1.165) is 45.6 Å². The Morgan fingerprint density at radius 3 is 2.62 bits per heavy atom. The smallest absolute Gasteiger partial charge is 0.169 e. The molecule has 122 valence electrons. The molecule has 0 aromatic rings. The molecule has 0 bridgehead atoms. The van der Waals surface area contributed by atoms with Gasteiger partial charge < -0.3 is 19.5 Å². The van der Waals surface area contributed by atoms with Crippen molar-refractivity contribution in [1.29, 1.82) is 0 Å². The molecular formula is C16H29NO3S. The Morgan fingerprint density at radius 1 is 1.14 bits per heavy atom. The molecule has 1 spiro atoms. The lowest BCUT2D eigenvalue weighted by atomic mass is 9.89. The van der Waals surface area contributed by atoms with Crippen molar-refractivity contribution in [2.45, 2.75) is 74.4 Å². The minimum atomic E-state index is -0.287. The van der Waals surface area contributed by atoms with E-state index in [1.165, 1.54) is 12.8 Å². The van der Waals surface area contributed by atoms with Gasteiger partial charge >= 0.3 is 0 Å². The van der Waals surface area contributed by atoms with E-state index in [1.807, 2.05) is 0 Å². The SMILES string of the molecule is CCCNC1CCC2(CC1SC1CCOC1C)OCCO2. The maximum Gasteiger partial charge on any atom is 0.169 e. The number of hydrogen-bond donors (Lipinski definition) is 1. The van der Waals surface area contributed by atoms with Crippen LogP contribution in [0.5, 0.6) is 0 Å². The zero-order chi connectivity index (χ0) is 14.7. The van der Waals surface area contributed by atoms with E-state index < -0.39 is 0 Å². The van der Waals surface area contributed by atoms with Gasteiger partial charge in [-0.15, -0.1) is 0 Å². The standard InChI is InChI=1S/C16H29NO3S/c1-3-7-17-13-4-6-16(19-9-10-20-16)11-15(13)21-14-5-8-18-12(14)2/h12-15,17H,3-11H2,1-2H3. The molecule has 1 N–H and O–H groups in total. The van der Waals surface area contributed by atoms with E-state index in [2.05, 4.69) is 30.9 Å². The molecule has 3 aliphatic rings. The van der Waals surface area contributed by atoms with Crippen LogP contribution in [0.1, 0.15) is 46.0 Å². The number of nitrogens with one attached hydrogen (secondary N) is 1. The van der Waals surface area contributed by atoms with Gasteiger partial charge in [0.25, 0.3) is 0 Å². The largest absolute Gasteiger partial charge is 0.377 e. The Hall–Kier alpha value is 0.190. The van der Waals surface area contributed by atoms with Crippen molar-refractivity contribution in [3.63, 3.8) is 0 Å². The predicted octanol–water partition coefficient (Wildman–Crippen LogP) is 2.56. The summed E-state index contributed by atoms with van der Waals surface area (Å²) in [5.74, 6) is -0.287. The van der Waals surface area contributed by atoms with Crippen molar-refractivity contribution in [2.75, 3.05) is 26.4 Å². The maximum atomic E-state index is 5.96. The Morgan fingerprint density at radius 2 is 1.95 bits per heavy atom. The van der Waals surface area contributed by atoms with Crippen LogP contribution in [0, 0.1) is 0 Å². The Bertz CT molecular complexity index is 335. The molecule has 2 heterocycles. The van der Waals surface area contributed by atoms with Crippen LogP contribution in [-0.2, 0) is 14.2 Å². The zero-order valence-electron chi connectivity index (χ0n) is 13.3. The van der Waals surface area contributed by atoms with Gasteiger partial charge in [-0.1, -0.05) is 6.92 Å². The second-order valence-electron chi connectivity index (χ2n) is 6.49. The van der Waals surface area contributed by atoms with Crippen LogP contribution in [0.4, 0.5) is 0 Å². The lowest BCUT2D eigenvalue weighted by molar-refractivity contribution is -0.178. The number of hydrogen-bond acceptors (Lipinski definition) is 5. The monoisotopic (exact) mass is 315 g/mol. The van der Waals surface area contributed by atoms with Gasteiger partial charge in [-0.05, 0) is 32.7 Å². The van der Waals surface area contributed by atoms with Gasteiger partial charge in [0.05, 0.1) is 19.3 Å². The van der Waals surface area contributed by atoms with Gasteiger partial charge in [-0.3, -0.25) is 0 Å². The van der Waals surface area contributed by atoms with Gasteiger partial charge in [0.15, 0.2) is 5.79 Å². The maximum absolute atomic E-state index is 5.96. The zero-order valence-corrected chi connectivity index (χ0v) is 14.1. The van der Waals surface area contributed by atoms with Crippen molar-refractivity contribution in [3.05, 3.63) is 0 Å². The lowest BCUT2D eigenvalue weighted by Gasteiger charge is -2.42. The van der Waals surface area contributed by atoms with Crippen LogP contribution in [0.15, 0.2) is 0 Å². The van der Waals surface area contributed by atoms with E-state index >= 15 is 0 Å². The highest BCUT2D eigenvalue weighted by atomic mass is 32.2. The van der Waals surface area contributed by atoms with E-state index in [1.54, 1.807) is 0 Å². The molecule has 3 fully saturated rings. The fourth-order valence-electron chi connectivity index (χ4n) is 3.69. The minimum Gasteiger partial charge on any atom is -0.377 e. The van der Waals surface area contributed by atoms with Gasteiger partial charge in [0, 0.05) is 36.0 Å². The normalized spacial score (nSPS) is 39.1.